The van der Waals surface area contributed by atoms with Crippen LogP contribution in [0.4, 0.5) is 13.2 Å². The number of ether oxygens (including phenoxy) is 1. The maximum absolute atomic E-state index is 13.2. The highest BCUT2D eigenvalue weighted by Gasteiger charge is 2.42. The molecule has 0 atom stereocenters. The predicted octanol–water partition coefficient (Wildman–Crippen LogP) is 4.25. The number of aromatic nitrogens is 3. The van der Waals surface area contributed by atoms with Crippen LogP contribution < -0.4 is 0 Å². The number of benzene rings is 1. The molecule has 1 fully saturated rings. The topological polar surface area (TPSA) is 61.0 Å². The zero-order valence-electron chi connectivity index (χ0n) is 14.2. The Kier molecular flexibility index (Phi) is 4.43. The second-order valence-corrected chi connectivity index (χ2v) is 6.42. The molecule has 1 saturated heterocycles. The van der Waals surface area contributed by atoms with E-state index in [1.165, 1.54) is 12.1 Å². The van der Waals surface area contributed by atoms with Crippen molar-refractivity contribution in [2.24, 2.45) is 0 Å². The highest BCUT2D eigenvalue weighted by molar-refractivity contribution is 5.51. The lowest BCUT2D eigenvalue weighted by atomic mass is 9.73. The summed E-state index contributed by atoms with van der Waals surface area (Å²) in [5.41, 5.74) is -0.294. The first-order chi connectivity index (χ1) is 13.0. The van der Waals surface area contributed by atoms with Crippen LogP contribution in [0.3, 0.4) is 0 Å². The smallest absolute Gasteiger partial charge is 0.416 e. The maximum Gasteiger partial charge on any atom is 0.416 e. The van der Waals surface area contributed by atoms with Gasteiger partial charge in [-0.2, -0.15) is 13.2 Å². The molecule has 0 spiro atoms. The highest BCUT2D eigenvalue weighted by atomic mass is 19.4. The van der Waals surface area contributed by atoms with E-state index in [1.54, 1.807) is 30.6 Å². The van der Waals surface area contributed by atoms with Crippen molar-refractivity contribution in [3.05, 3.63) is 65.8 Å². The molecule has 0 aliphatic carbocycles. The van der Waals surface area contributed by atoms with Gasteiger partial charge < -0.3 is 9.15 Å². The monoisotopic (exact) mass is 375 g/mol. The first kappa shape index (κ1) is 17.7. The van der Waals surface area contributed by atoms with E-state index in [4.69, 9.17) is 9.15 Å². The third-order valence-corrected chi connectivity index (χ3v) is 4.85. The molecule has 0 bridgehead atoms. The van der Waals surface area contributed by atoms with Crippen LogP contribution in [0.25, 0.3) is 11.5 Å². The molecule has 5 nitrogen and oxygen atoms in total. The second kappa shape index (κ2) is 6.77. The molecule has 0 unspecified atom stereocenters. The Bertz CT molecular complexity index is 919. The number of nitrogens with zero attached hydrogens (tertiary/aromatic N) is 3. The minimum atomic E-state index is -4.42. The van der Waals surface area contributed by atoms with Gasteiger partial charge in [-0.3, -0.25) is 4.98 Å². The van der Waals surface area contributed by atoms with Crippen molar-refractivity contribution in [2.45, 2.75) is 24.4 Å². The second-order valence-electron chi connectivity index (χ2n) is 6.42. The molecule has 3 heterocycles. The highest BCUT2D eigenvalue weighted by Crippen LogP contribution is 2.43. The van der Waals surface area contributed by atoms with E-state index < -0.39 is 17.2 Å². The van der Waals surface area contributed by atoms with Crippen molar-refractivity contribution in [3.63, 3.8) is 0 Å². The van der Waals surface area contributed by atoms with Crippen LogP contribution >= 0.6 is 0 Å². The van der Waals surface area contributed by atoms with Crippen molar-refractivity contribution >= 4 is 0 Å². The molecule has 27 heavy (non-hydrogen) atoms. The molecule has 140 valence electrons. The van der Waals surface area contributed by atoms with Gasteiger partial charge in [0.1, 0.15) is 0 Å². The summed E-state index contributed by atoms with van der Waals surface area (Å²) in [5.74, 6) is 0.613. The summed E-state index contributed by atoms with van der Waals surface area (Å²) >= 11 is 0. The first-order valence-corrected chi connectivity index (χ1v) is 8.49. The quantitative estimate of drug-likeness (QED) is 0.685. The summed E-state index contributed by atoms with van der Waals surface area (Å²) < 4.78 is 51.0. The van der Waals surface area contributed by atoms with E-state index in [9.17, 15) is 13.2 Å². The SMILES string of the molecule is FC(F)(F)c1cccc(C2(c3nnc(-c4ccncc4)o3)CCOCC2)c1. The fourth-order valence-corrected chi connectivity index (χ4v) is 3.37. The van der Waals surface area contributed by atoms with Gasteiger partial charge in [-0.1, -0.05) is 18.2 Å². The zero-order valence-corrected chi connectivity index (χ0v) is 14.2. The van der Waals surface area contributed by atoms with Crippen LogP contribution in [0.5, 0.6) is 0 Å². The third-order valence-electron chi connectivity index (χ3n) is 4.85. The summed E-state index contributed by atoms with van der Waals surface area (Å²) in [6.45, 7) is 0.812. The van der Waals surface area contributed by atoms with Gasteiger partial charge in [0.2, 0.25) is 11.8 Å². The standard InChI is InChI=1S/C19H16F3N3O2/c20-19(21,22)15-3-1-2-14(12-15)18(6-10-26-11-7-18)17-25-24-16(27-17)13-4-8-23-9-5-13/h1-5,8-9,12H,6-7,10-11H2. The first-order valence-electron chi connectivity index (χ1n) is 8.49. The van der Waals surface area contributed by atoms with Gasteiger partial charge in [-0.05, 0) is 36.6 Å². The molecule has 2 aromatic heterocycles. The van der Waals surface area contributed by atoms with Crippen LogP contribution in [-0.4, -0.2) is 28.4 Å². The molecule has 0 amide bonds. The average Bonchev–Trinajstić information content (AvgIpc) is 3.19. The molecular formula is C19H16F3N3O2. The minimum absolute atomic E-state index is 0.303. The van der Waals surface area contributed by atoms with Gasteiger partial charge >= 0.3 is 6.18 Å². The van der Waals surface area contributed by atoms with E-state index in [1.807, 2.05) is 0 Å². The predicted molar refractivity (Wildman–Crippen MR) is 89.8 cm³/mol. The summed E-state index contributed by atoms with van der Waals surface area (Å²) in [5, 5.41) is 8.28. The largest absolute Gasteiger partial charge is 0.420 e. The maximum atomic E-state index is 13.2. The van der Waals surface area contributed by atoms with E-state index >= 15 is 0 Å². The summed E-state index contributed by atoms with van der Waals surface area (Å²) in [7, 11) is 0. The molecule has 0 saturated carbocycles. The van der Waals surface area contributed by atoms with Gasteiger partial charge in [-0.15, -0.1) is 10.2 Å². The normalized spacial score (nSPS) is 17.0. The Hall–Kier alpha value is -2.74. The molecule has 8 heteroatoms. The van der Waals surface area contributed by atoms with Crippen molar-refractivity contribution in [1.82, 2.24) is 15.2 Å². The van der Waals surface area contributed by atoms with Crippen LogP contribution in [-0.2, 0) is 16.3 Å². The molecule has 0 N–H and O–H groups in total. The number of rotatable bonds is 3. The molecule has 1 aliphatic heterocycles. The number of halogens is 3. The van der Waals surface area contributed by atoms with Crippen LogP contribution in [0.15, 0.2) is 53.2 Å². The molecule has 0 radical (unpaired) electrons. The van der Waals surface area contributed by atoms with Crippen molar-refractivity contribution in [3.8, 4) is 11.5 Å². The van der Waals surface area contributed by atoms with Gasteiger partial charge in [0.05, 0.1) is 11.0 Å². The molecular weight excluding hydrogens is 359 g/mol. The Labute approximate surface area is 153 Å². The Balaban J connectivity index is 1.79. The molecule has 3 aromatic rings. The van der Waals surface area contributed by atoms with Gasteiger partial charge in [0.15, 0.2) is 0 Å². The van der Waals surface area contributed by atoms with Crippen molar-refractivity contribution in [2.75, 3.05) is 13.2 Å². The summed E-state index contributed by atoms with van der Waals surface area (Å²) in [6, 6.07) is 8.79. The Morgan fingerprint density at radius 1 is 0.963 bits per heavy atom. The lowest BCUT2D eigenvalue weighted by Gasteiger charge is -2.34. The Morgan fingerprint density at radius 2 is 1.70 bits per heavy atom. The van der Waals surface area contributed by atoms with E-state index in [0.29, 0.717) is 49.0 Å². The van der Waals surface area contributed by atoms with E-state index in [2.05, 4.69) is 15.2 Å². The zero-order chi connectivity index (χ0) is 18.9. The number of alkyl halides is 3. The lowest BCUT2D eigenvalue weighted by molar-refractivity contribution is -0.137. The van der Waals surface area contributed by atoms with Crippen LogP contribution in [0.1, 0.15) is 29.9 Å². The molecule has 1 aromatic carbocycles. The fraction of sp³-hybridized carbons (Fsp3) is 0.316. The van der Waals surface area contributed by atoms with Crippen molar-refractivity contribution in [1.29, 1.82) is 0 Å². The number of hydrogen-bond donors (Lipinski definition) is 0. The third kappa shape index (κ3) is 3.32. The average molecular weight is 375 g/mol. The van der Waals surface area contributed by atoms with E-state index in [-0.39, 0.29) is 0 Å². The van der Waals surface area contributed by atoms with Crippen molar-refractivity contribution < 1.29 is 22.3 Å². The molecule has 1 aliphatic rings. The van der Waals surface area contributed by atoms with Gasteiger partial charge in [-0.25, -0.2) is 0 Å². The van der Waals surface area contributed by atoms with Crippen LogP contribution in [0, 0.1) is 0 Å². The lowest BCUT2D eigenvalue weighted by Crippen LogP contribution is -2.35. The summed E-state index contributed by atoms with van der Waals surface area (Å²) in [4.78, 5) is 3.95. The van der Waals surface area contributed by atoms with E-state index in [0.717, 1.165) is 6.07 Å². The Morgan fingerprint density at radius 3 is 2.41 bits per heavy atom. The fourth-order valence-electron chi connectivity index (χ4n) is 3.37. The molecule has 4 rings (SSSR count). The van der Waals surface area contributed by atoms with Crippen LogP contribution in [0.2, 0.25) is 0 Å². The number of pyridine rings is 1. The number of hydrogen-bond acceptors (Lipinski definition) is 5. The minimum Gasteiger partial charge on any atom is -0.420 e. The van der Waals surface area contributed by atoms with Gasteiger partial charge in [0, 0.05) is 31.2 Å². The van der Waals surface area contributed by atoms with Gasteiger partial charge in [0.25, 0.3) is 0 Å². The summed E-state index contributed by atoms with van der Waals surface area (Å²) in [6.07, 6.45) is -0.273.